The highest BCUT2D eigenvalue weighted by atomic mass is 28.3. The van der Waals surface area contributed by atoms with Crippen molar-refractivity contribution in [2.75, 3.05) is 13.7 Å². The molecule has 1 aromatic heterocycles. The third kappa shape index (κ3) is 5.04. The van der Waals surface area contributed by atoms with Crippen LogP contribution in [0.15, 0.2) is 36.5 Å². The normalized spacial score (nSPS) is 11.5. The summed E-state index contributed by atoms with van der Waals surface area (Å²) < 4.78 is 12.2. The minimum absolute atomic E-state index is 0.312. The second-order valence-corrected chi connectivity index (χ2v) is 12.3. The van der Waals surface area contributed by atoms with Gasteiger partial charge >= 0.3 is 5.97 Å². The van der Waals surface area contributed by atoms with Crippen LogP contribution in [0.2, 0.25) is 25.7 Å². The first-order valence-electron chi connectivity index (χ1n) is 7.69. The van der Waals surface area contributed by atoms with Gasteiger partial charge in [-0.2, -0.15) is 5.10 Å². The third-order valence-electron chi connectivity index (χ3n) is 3.45. The van der Waals surface area contributed by atoms with Crippen molar-refractivity contribution in [1.82, 2.24) is 9.78 Å². The Morgan fingerprint density at radius 1 is 1.22 bits per heavy atom. The number of methoxy groups -OCH3 is 1. The number of rotatable bonds is 7. The topological polar surface area (TPSA) is 53.3 Å². The van der Waals surface area contributed by atoms with Crippen molar-refractivity contribution in [3.63, 3.8) is 0 Å². The predicted octanol–water partition coefficient (Wildman–Crippen LogP) is 3.65. The molecule has 1 aromatic carbocycles. The van der Waals surface area contributed by atoms with Gasteiger partial charge in [0.1, 0.15) is 6.73 Å². The van der Waals surface area contributed by atoms with Gasteiger partial charge in [-0.1, -0.05) is 50.0 Å². The fraction of sp³-hybridized carbons (Fsp3) is 0.412. The summed E-state index contributed by atoms with van der Waals surface area (Å²) in [5, 5.41) is 4.32. The molecule has 0 bridgehead atoms. The highest BCUT2D eigenvalue weighted by molar-refractivity contribution is 6.76. The Kier molecular flexibility index (Phi) is 5.73. The Labute approximate surface area is 138 Å². The number of nitrogens with zero attached hydrogens (tertiary/aromatic N) is 2. The molecule has 0 amide bonds. The van der Waals surface area contributed by atoms with Crippen LogP contribution in [0.25, 0.3) is 11.1 Å². The molecule has 124 valence electrons. The second-order valence-electron chi connectivity index (χ2n) is 6.64. The van der Waals surface area contributed by atoms with E-state index in [0.717, 1.165) is 17.2 Å². The van der Waals surface area contributed by atoms with Gasteiger partial charge in [0.2, 0.25) is 0 Å². The van der Waals surface area contributed by atoms with Crippen LogP contribution in [0.1, 0.15) is 10.5 Å². The first-order valence-corrected chi connectivity index (χ1v) is 11.4. The average molecular weight is 332 g/mol. The monoisotopic (exact) mass is 332 g/mol. The number of carbonyl (C=O) groups excluding carboxylic acids is 1. The minimum atomic E-state index is -1.11. The summed E-state index contributed by atoms with van der Waals surface area (Å²) in [6.45, 7) is 7.98. The molecule has 6 heteroatoms. The molecule has 0 N–H and O–H groups in total. The number of benzene rings is 1. The molecule has 0 aliphatic heterocycles. The van der Waals surface area contributed by atoms with Gasteiger partial charge in [-0.05, 0) is 11.6 Å². The maximum Gasteiger partial charge on any atom is 0.359 e. The van der Waals surface area contributed by atoms with Gasteiger partial charge in [-0.25, -0.2) is 9.48 Å². The maximum absolute atomic E-state index is 11.9. The SMILES string of the molecule is COC(=O)c1nn(COCC[Si](C)(C)C)cc1-c1ccccc1. The molecule has 23 heavy (non-hydrogen) atoms. The highest BCUT2D eigenvalue weighted by Crippen LogP contribution is 2.23. The molecule has 0 spiro atoms. The fourth-order valence-corrected chi connectivity index (χ4v) is 2.86. The number of esters is 1. The summed E-state index contributed by atoms with van der Waals surface area (Å²) in [4.78, 5) is 11.9. The van der Waals surface area contributed by atoms with Gasteiger partial charge in [-0.15, -0.1) is 0 Å². The molecule has 1 heterocycles. The molecule has 0 fully saturated rings. The van der Waals surface area contributed by atoms with Gasteiger partial charge in [0.25, 0.3) is 0 Å². The van der Waals surface area contributed by atoms with Crippen LogP contribution in [0.4, 0.5) is 0 Å². The van der Waals surface area contributed by atoms with Crippen molar-refractivity contribution >= 4 is 14.0 Å². The largest absolute Gasteiger partial charge is 0.464 e. The Morgan fingerprint density at radius 2 is 1.91 bits per heavy atom. The average Bonchev–Trinajstić information content (AvgIpc) is 2.95. The molecule has 0 atom stereocenters. The summed E-state index contributed by atoms with van der Waals surface area (Å²) >= 11 is 0. The number of hydrogen-bond acceptors (Lipinski definition) is 4. The predicted molar refractivity (Wildman–Crippen MR) is 93.1 cm³/mol. The fourth-order valence-electron chi connectivity index (χ4n) is 2.10. The lowest BCUT2D eigenvalue weighted by Crippen LogP contribution is -2.22. The van der Waals surface area contributed by atoms with Gasteiger partial charge in [0, 0.05) is 26.4 Å². The van der Waals surface area contributed by atoms with E-state index in [4.69, 9.17) is 9.47 Å². The van der Waals surface area contributed by atoms with E-state index >= 15 is 0 Å². The number of hydrogen-bond donors (Lipinski definition) is 0. The quantitative estimate of drug-likeness (QED) is 0.441. The Morgan fingerprint density at radius 3 is 2.52 bits per heavy atom. The molecule has 0 saturated heterocycles. The summed E-state index contributed by atoms with van der Waals surface area (Å²) in [7, 11) is 0.255. The zero-order chi connectivity index (χ0) is 16.9. The first-order chi connectivity index (χ1) is 10.9. The van der Waals surface area contributed by atoms with Crippen LogP contribution in [0.5, 0.6) is 0 Å². The smallest absolute Gasteiger partial charge is 0.359 e. The Bertz CT molecular complexity index is 648. The van der Waals surface area contributed by atoms with Crippen LogP contribution in [0, 0.1) is 0 Å². The van der Waals surface area contributed by atoms with Crippen molar-refractivity contribution in [1.29, 1.82) is 0 Å². The summed E-state index contributed by atoms with van der Waals surface area (Å²) in [5.74, 6) is -0.440. The number of carbonyl (C=O) groups is 1. The summed E-state index contributed by atoms with van der Waals surface area (Å²) in [6, 6.07) is 10.8. The van der Waals surface area contributed by atoms with E-state index in [1.54, 1.807) is 4.68 Å². The van der Waals surface area contributed by atoms with Crippen molar-refractivity contribution in [3.8, 4) is 11.1 Å². The molecule has 2 rings (SSSR count). The molecule has 0 unspecified atom stereocenters. The van der Waals surface area contributed by atoms with Crippen LogP contribution < -0.4 is 0 Å². The summed E-state index contributed by atoms with van der Waals surface area (Å²) in [6.07, 6.45) is 1.83. The van der Waals surface area contributed by atoms with E-state index in [0.29, 0.717) is 19.0 Å². The van der Waals surface area contributed by atoms with Gasteiger partial charge in [0.15, 0.2) is 5.69 Å². The molecule has 0 aliphatic carbocycles. The molecule has 2 aromatic rings. The molecule has 0 radical (unpaired) electrons. The lowest BCUT2D eigenvalue weighted by molar-refractivity contribution is 0.0583. The van der Waals surface area contributed by atoms with Gasteiger partial charge < -0.3 is 9.47 Å². The lowest BCUT2D eigenvalue weighted by Gasteiger charge is -2.15. The van der Waals surface area contributed by atoms with Crippen molar-refractivity contribution in [2.45, 2.75) is 32.4 Å². The van der Waals surface area contributed by atoms with Crippen molar-refractivity contribution in [3.05, 3.63) is 42.2 Å². The van der Waals surface area contributed by atoms with Crippen LogP contribution in [0.3, 0.4) is 0 Å². The van der Waals surface area contributed by atoms with E-state index in [2.05, 4.69) is 24.7 Å². The molecule has 5 nitrogen and oxygen atoms in total. The van der Waals surface area contributed by atoms with Crippen LogP contribution >= 0.6 is 0 Å². The standard InChI is InChI=1S/C17H24N2O3Si/c1-21-17(20)16-15(14-8-6-5-7-9-14)12-19(18-16)13-22-10-11-23(2,3)4/h5-9,12H,10-11,13H2,1-4H3. The zero-order valence-electron chi connectivity index (χ0n) is 14.2. The van der Waals surface area contributed by atoms with Crippen LogP contribution in [-0.2, 0) is 16.2 Å². The van der Waals surface area contributed by atoms with Crippen LogP contribution in [-0.4, -0.2) is 37.5 Å². The zero-order valence-corrected chi connectivity index (χ0v) is 15.2. The minimum Gasteiger partial charge on any atom is -0.464 e. The molecule has 0 saturated carbocycles. The second kappa shape index (κ2) is 7.57. The molecular formula is C17H24N2O3Si. The first kappa shape index (κ1) is 17.4. The van der Waals surface area contributed by atoms with Gasteiger partial charge in [0.05, 0.1) is 7.11 Å². The number of aromatic nitrogens is 2. The van der Waals surface area contributed by atoms with Crippen molar-refractivity contribution < 1.29 is 14.3 Å². The van der Waals surface area contributed by atoms with E-state index in [1.807, 2.05) is 36.5 Å². The van der Waals surface area contributed by atoms with E-state index < -0.39 is 14.0 Å². The highest BCUT2D eigenvalue weighted by Gasteiger charge is 2.19. The Hall–Kier alpha value is -1.92. The Balaban J connectivity index is 2.13. The van der Waals surface area contributed by atoms with Crippen molar-refractivity contribution in [2.24, 2.45) is 0 Å². The molecular weight excluding hydrogens is 308 g/mol. The van der Waals surface area contributed by atoms with E-state index in [9.17, 15) is 4.79 Å². The van der Waals surface area contributed by atoms with E-state index in [-0.39, 0.29) is 0 Å². The lowest BCUT2D eigenvalue weighted by atomic mass is 10.1. The third-order valence-corrected chi connectivity index (χ3v) is 5.15. The van der Waals surface area contributed by atoms with E-state index in [1.165, 1.54) is 7.11 Å². The molecule has 0 aliphatic rings. The number of ether oxygens (including phenoxy) is 2. The van der Waals surface area contributed by atoms with Gasteiger partial charge in [-0.3, -0.25) is 0 Å². The summed E-state index contributed by atoms with van der Waals surface area (Å²) in [5.41, 5.74) is 2.00. The maximum atomic E-state index is 11.9.